The second-order valence-electron chi connectivity index (χ2n) is 5.93. The zero-order chi connectivity index (χ0) is 11.6. The van der Waals surface area contributed by atoms with Crippen LogP contribution in [0.1, 0.15) is 47.0 Å². The lowest BCUT2D eigenvalue weighted by Crippen LogP contribution is -2.50. The monoisotopic (exact) mass is 212 g/mol. The number of amides is 1. The van der Waals surface area contributed by atoms with Crippen LogP contribution in [0.5, 0.6) is 0 Å². The Morgan fingerprint density at radius 1 is 1.33 bits per heavy atom. The highest BCUT2D eigenvalue weighted by atomic mass is 16.2. The van der Waals surface area contributed by atoms with E-state index in [0.29, 0.717) is 5.92 Å². The molecule has 1 aliphatic carbocycles. The number of rotatable bonds is 1. The van der Waals surface area contributed by atoms with Crippen molar-refractivity contribution >= 4 is 5.91 Å². The van der Waals surface area contributed by atoms with Gasteiger partial charge in [0.25, 0.3) is 0 Å². The molecule has 1 fully saturated rings. The van der Waals surface area contributed by atoms with Crippen molar-refractivity contribution in [3.63, 3.8) is 0 Å². The lowest BCUT2D eigenvalue weighted by molar-refractivity contribution is -0.128. The van der Waals surface area contributed by atoms with Crippen molar-refractivity contribution in [2.75, 3.05) is 0 Å². The van der Waals surface area contributed by atoms with Crippen LogP contribution in [0, 0.1) is 11.8 Å². The van der Waals surface area contributed by atoms with Gasteiger partial charge in [0.15, 0.2) is 0 Å². The molecule has 88 valence electrons. The largest absolute Gasteiger partial charge is 0.351 e. The molecule has 0 aromatic heterocycles. The lowest BCUT2D eigenvalue weighted by Gasteiger charge is -2.33. The van der Waals surface area contributed by atoms with Crippen molar-refractivity contribution in [3.05, 3.63) is 0 Å². The average Bonchev–Trinajstić information content (AvgIpc) is 2.06. The van der Waals surface area contributed by atoms with E-state index in [4.69, 9.17) is 5.73 Å². The second-order valence-corrected chi connectivity index (χ2v) is 5.93. The molecular formula is C12H24N2O. The van der Waals surface area contributed by atoms with Gasteiger partial charge in [-0.15, -0.1) is 0 Å². The third kappa shape index (κ3) is 3.82. The molecule has 3 N–H and O–H groups in total. The molecule has 0 radical (unpaired) electrons. The smallest absolute Gasteiger partial charge is 0.225 e. The molecule has 0 heterocycles. The molecule has 0 aromatic carbocycles. The summed E-state index contributed by atoms with van der Waals surface area (Å²) in [6.07, 6.45) is 3.06. The molecule has 1 amide bonds. The summed E-state index contributed by atoms with van der Waals surface area (Å²) in [5.41, 5.74) is 5.84. The highest BCUT2D eigenvalue weighted by molar-refractivity contribution is 5.80. The first kappa shape index (κ1) is 12.5. The predicted molar refractivity (Wildman–Crippen MR) is 62.4 cm³/mol. The Morgan fingerprint density at radius 3 is 2.47 bits per heavy atom. The normalized spacial score (nSPS) is 32.5. The van der Waals surface area contributed by atoms with E-state index >= 15 is 0 Å². The van der Waals surface area contributed by atoms with E-state index in [1.165, 1.54) is 0 Å². The number of hydrogen-bond donors (Lipinski definition) is 2. The van der Waals surface area contributed by atoms with E-state index in [9.17, 15) is 4.79 Å². The van der Waals surface area contributed by atoms with Crippen LogP contribution in [-0.4, -0.2) is 17.5 Å². The summed E-state index contributed by atoms with van der Waals surface area (Å²) in [5.74, 6) is 0.759. The average molecular weight is 212 g/mol. The molecule has 0 bridgehead atoms. The van der Waals surface area contributed by atoms with Gasteiger partial charge in [-0.1, -0.05) is 6.92 Å². The van der Waals surface area contributed by atoms with Crippen molar-refractivity contribution < 1.29 is 4.79 Å². The minimum atomic E-state index is -0.155. The molecule has 3 atom stereocenters. The summed E-state index contributed by atoms with van der Waals surface area (Å²) < 4.78 is 0. The van der Waals surface area contributed by atoms with Crippen molar-refractivity contribution in [1.82, 2.24) is 5.32 Å². The first-order valence-corrected chi connectivity index (χ1v) is 5.87. The van der Waals surface area contributed by atoms with Gasteiger partial charge in [0.05, 0.1) is 5.92 Å². The fourth-order valence-corrected chi connectivity index (χ4v) is 2.17. The Balaban J connectivity index is 2.57. The van der Waals surface area contributed by atoms with Crippen LogP contribution in [0.3, 0.4) is 0 Å². The summed E-state index contributed by atoms with van der Waals surface area (Å²) in [6.45, 7) is 8.21. The first-order valence-electron chi connectivity index (χ1n) is 5.87. The van der Waals surface area contributed by atoms with Gasteiger partial charge in [0.2, 0.25) is 5.91 Å². The van der Waals surface area contributed by atoms with Gasteiger partial charge in [-0.05, 0) is 46.0 Å². The number of carbonyl (C=O) groups excluding carboxylic acids is 1. The van der Waals surface area contributed by atoms with E-state index in [-0.39, 0.29) is 23.4 Å². The summed E-state index contributed by atoms with van der Waals surface area (Å²) in [7, 11) is 0. The van der Waals surface area contributed by atoms with Gasteiger partial charge in [0.1, 0.15) is 0 Å². The highest BCUT2D eigenvalue weighted by Crippen LogP contribution is 2.28. The van der Waals surface area contributed by atoms with Gasteiger partial charge in [-0.3, -0.25) is 4.79 Å². The molecule has 3 nitrogen and oxygen atoms in total. The van der Waals surface area contributed by atoms with Gasteiger partial charge in [-0.2, -0.15) is 0 Å². The van der Waals surface area contributed by atoms with Crippen molar-refractivity contribution in [2.24, 2.45) is 17.6 Å². The molecule has 15 heavy (non-hydrogen) atoms. The Bertz CT molecular complexity index is 232. The van der Waals surface area contributed by atoms with Crippen molar-refractivity contribution in [3.8, 4) is 0 Å². The molecule has 3 heteroatoms. The number of nitrogens with one attached hydrogen (secondary N) is 1. The first-order chi connectivity index (χ1) is 6.79. The summed E-state index contributed by atoms with van der Waals surface area (Å²) in [4.78, 5) is 12.0. The SMILES string of the molecule is CC1CCC(N)C(C(=O)NC(C)(C)C)C1. The number of nitrogens with two attached hydrogens (primary N) is 1. The third-order valence-corrected chi connectivity index (χ3v) is 3.00. The fourth-order valence-electron chi connectivity index (χ4n) is 2.17. The Hall–Kier alpha value is -0.570. The summed E-state index contributed by atoms with van der Waals surface area (Å²) >= 11 is 0. The molecule has 0 aromatic rings. The van der Waals surface area contributed by atoms with E-state index in [1.54, 1.807) is 0 Å². The van der Waals surface area contributed by atoms with Crippen LogP contribution in [0.2, 0.25) is 0 Å². The van der Waals surface area contributed by atoms with Crippen LogP contribution in [-0.2, 0) is 4.79 Å². The van der Waals surface area contributed by atoms with Crippen LogP contribution >= 0.6 is 0 Å². The summed E-state index contributed by atoms with van der Waals surface area (Å²) in [6, 6.07) is 0.0450. The van der Waals surface area contributed by atoms with Gasteiger partial charge in [0, 0.05) is 11.6 Å². The van der Waals surface area contributed by atoms with Gasteiger partial charge in [-0.25, -0.2) is 0 Å². The van der Waals surface area contributed by atoms with Crippen LogP contribution in [0.4, 0.5) is 0 Å². The molecule has 0 saturated heterocycles. The number of hydrogen-bond acceptors (Lipinski definition) is 2. The maximum absolute atomic E-state index is 12.0. The molecule has 1 aliphatic rings. The van der Waals surface area contributed by atoms with E-state index < -0.39 is 0 Å². The molecular weight excluding hydrogens is 188 g/mol. The molecule has 0 spiro atoms. The molecule has 1 rings (SSSR count). The van der Waals surface area contributed by atoms with Gasteiger partial charge >= 0.3 is 0 Å². The Morgan fingerprint density at radius 2 is 1.93 bits per heavy atom. The lowest BCUT2D eigenvalue weighted by atomic mass is 9.78. The standard InChI is InChI=1S/C12H24N2O/c1-8-5-6-10(13)9(7-8)11(15)14-12(2,3)4/h8-10H,5-7,13H2,1-4H3,(H,14,15). The maximum atomic E-state index is 12.0. The van der Waals surface area contributed by atoms with Crippen molar-refractivity contribution in [2.45, 2.75) is 58.5 Å². The highest BCUT2D eigenvalue weighted by Gasteiger charge is 2.32. The topological polar surface area (TPSA) is 55.1 Å². The van der Waals surface area contributed by atoms with Crippen LogP contribution in [0.15, 0.2) is 0 Å². The maximum Gasteiger partial charge on any atom is 0.225 e. The van der Waals surface area contributed by atoms with Crippen LogP contribution < -0.4 is 11.1 Å². The molecule has 3 unspecified atom stereocenters. The zero-order valence-corrected chi connectivity index (χ0v) is 10.3. The zero-order valence-electron chi connectivity index (χ0n) is 10.3. The van der Waals surface area contributed by atoms with Gasteiger partial charge < -0.3 is 11.1 Å². The van der Waals surface area contributed by atoms with Crippen LogP contribution in [0.25, 0.3) is 0 Å². The number of carbonyl (C=O) groups is 1. The molecule has 0 aliphatic heterocycles. The third-order valence-electron chi connectivity index (χ3n) is 3.00. The minimum absolute atomic E-state index is 0.00738. The fraction of sp³-hybridized carbons (Fsp3) is 0.917. The minimum Gasteiger partial charge on any atom is -0.351 e. The Kier molecular flexibility index (Phi) is 3.77. The Labute approximate surface area is 92.8 Å². The second kappa shape index (κ2) is 4.52. The van der Waals surface area contributed by atoms with E-state index in [0.717, 1.165) is 19.3 Å². The predicted octanol–water partition coefficient (Wildman–Crippen LogP) is 1.66. The van der Waals surface area contributed by atoms with Crippen molar-refractivity contribution in [1.29, 1.82) is 0 Å². The quantitative estimate of drug-likeness (QED) is 0.694. The van der Waals surface area contributed by atoms with E-state index in [1.807, 2.05) is 20.8 Å². The van der Waals surface area contributed by atoms with E-state index in [2.05, 4.69) is 12.2 Å². The summed E-state index contributed by atoms with van der Waals surface area (Å²) in [5, 5.41) is 3.02. The molecule has 1 saturated carbocycles.